The maximum Gasteiger partial charge on any atom is 0.234 e. The lowest BCUT2D eigenvalue weighted by molar-refractivity contribution is -0.124. The van der Waals surface area contributed by atoms with E-state index in [1.54, 1.807) is 0 Å². The number of nitrogens with one attached hydrogen (secondary N) is 1. The minimum absolute atomic E-state index is 0.123. The minimum atomic E-state index is -0.162. The van der Waals surface area contributed by atoms with Gasteiger partial charge in [0.2, 0.25) is 5.91 Å². The SMILES string of the molecule is O=C(CN1CCOCC1)NC1(c2cccc3ccccc23)CC1. The molecule has 0 radical (unpaired) electrons. The number of ether oxygens (including phenoxy) is 1. The molecule has 2 fully saturated rings. The molecule has 2 aliphatic rings. The molecule has 1 N–H and O–H groups in total. The van der Waals surface area contributed by atoms with Crippen molar-refractivity contribution in [2.75, 3.05) is 32.8 Å². The monoisotopic (exact) mass is 310 g/mol. The van der Waals surface area contributed by atoms with Crippen molar-refractivity contribution in [3.8, 4) is 0 Å². The predicted molar refractivity (Wildman–Crippen MR) is 90.3 cm³/mol. The summed E-state index contributed by atoms with van der Waals surface area (Å²) in [5, 5.41) is 5.79. The molecule has 4 rings (SSSR count). The third-order valence-electron chi connectivity index (χ3n) is 4.90. The molecule has 0 spiro atoms. The molecule has 23 heavy (non-hydrogen) atoms. The smallest absolute Gasteiger partial charge is 0.234 e. The van der Waals surface area contributed by atoms with Gasteiger partial charge in [-0.05, 0) is 29.2 Å². The quantitative estimate of drug-likeness (QED) is 0.942. The Morgan fingerprint density at radius 3 is 2.61 bits per heavy atom. The van der Waals surface area contributed by atoms with E-state index in [4.69, 9.17) is 4.74 Å². The lowest BCUT2D eigenvalue weighted by Crippen LogP contribution is -2.45. The molecule has 4 heteroatoms. The van der Waals surface area contributed by atoms with Gasteiger partial charge in [-0.25, -0.2) is 0 Å². The van der Waals surface area contributed by atoms with E-state index in [9.17, 15) is 4.79 Å². The molecule has 2 aromatic rings. The van der Waals surface area contributed by atoms with Crippen molar-refractivity contribution >= 4 is 16.7 Å². The predicted octanol–water partition coefficient (Wildman–Crippen LogP) is 2.28. The summed E-state index contributed by atoms with van der Waals surface area (Å²) in [7, 11) is 0. The van der Waals surface area contributed by atoms with Crippen molar-refractivity contribution < 1.29 is 9.53 Å². The molecule has 0 unspecified atom stereocenters. The number of hydrogen-bond acceptors (Lipinski definition) is 3. The molecular weight excluding hydrogens is 288 g/mol. The van der Waals surface area contributed by atoms with Gasteiger partial charge in [-0.1, -0.05) is 42.5 Å². The highest BCUT2D eigenvalue weighted by atomic mass is 16.5. The third kappa shape index (κ3) is 2.96. The van der Waals surface area contributed by atoms with Crippen molar-refractivity contribution in [3.63, 3.8) is 0 Å². The van der Waals surface area contributed by atoms with Crippen LogP contribution in [0.1, 0.15) is 18.4 Å². The van der Waals surface area contributed by atoms with E-state index in [-0.39, 0.29) is 11.4 Å². The molecule has 1 saturated carbocycles. The second-order valence-electron chi connectivity index (χ2n) is 6.55. The number of fused-ring (bicyclic) bond motifs is 1. The molecule has 0 atom stereocenters. The molecule has 1 saturated heterocycles. The standard InChI is InChI=1S/C19H22N2O2/c22-18(14-21-10-12-23-13-11-21)20-19(8-9-19)17-7-3-5-15-4-1-2-6-16(15)17/h1-7H,8-14H2,(H,20,22). The first kappa shape index (κ1) is 14.7. The normalized spacial score (nSPS) is 20.3. The fourth-order valence-corrected chi connectivity index (χ4v) is 3.50. The lowest BCUT2D eigenvalue weighted by Gasteiger charge is -2.27. The maximum absolute atomic E-state index is 12.5. The lowest BCUT2D eigenvalue weighted by atomic mass is 9.97. The van der Waals surface area contributed by atoms with Gasteiger partial charge in [0.05, 0.1) is 25.3 Å². The van der Waals surface area contributed by atoms with Gasteiger partial charge < -0.3 is 10.1 Å². The van der Waals surface area contributed by atoms with E-state index in [0.29, 0.717) is 6.54 Å². The van der Waals surface area contributed by atoms with Crippen molar-refractivity contribution in [2.24, 2.45) is 0 Å². The first-order valence-corrected chi connectivity index (χ1v) is 8.36. The van der Waals surface area contributed by atoms with Crippen LogP contribution in [0.25, 0.3) is 10.8 Å². The van der Waals surface area contributed by atoms with Gasteiger partial charge in [-0.2, -0.15) is 0 Å². The van der Waals surface area contributed by atoms with Crippen LogP contribution < -0.4 is 5.32 Å². The zero-order valence-corrected chi connectivity index (χ0v) is 13.3. The number of carbonyl (C=O) groups is 1. The number of amides is 1. The summed E-state index contributed by atoms with van der Waals surface area (Å²) in [6.45, 7) is 3.60. The van der Waals surface area contributed by atoms with Gasteiger partial charge in [-0.15, -0.1) is 0 Å². The Morgan fingerprint density at radius 1 is 1.09 bits per heavy atom. The van der Waals surface area contributed by atoms with Crippen LogP contribution in [0.2, 0.25) is 0 Å². The number of benzene rings is 2. The molecule has 1 heterocycles. The number of nitrogens with zero attached hydrogens (tertiary/aromatic N) is 1. The first-order valence-electron chi connectivity index (χ1n) is 8.36. The highest BCUT2D eigenvalue weighted by Crippen LogP contribution is 2.47. The van der Waals surface area contributed by atoms with Crippen LogP contribution in [0.5, 0.6) is 0 Å². The van der Waals surface area contributed by atoms with Gasteiger partial charge in [-0.3, -0.25) is 9.69 Å². The summed E-state index contributed by atoms with van der Waals surface area (Å²) in [6.07, 6.45) is 2.05. The van der Waals surface area contributed by atoms with E-state index in [0.717, 1.165) is 39.1 Å². The van der Waals surface area contributed by atoms with Gasteiger partial charge in [0.1, 0.15) is 0 Å². The van der Waals surface area contributed by atoms with Crippen LogP contribution >= 0.6 is 0 Å². The topological polar surface area (TPSA) is 41.6 Å². The molecule has 1 aliphatic carbocycles. The van der Waals surface area contributed by atoms with E-state index in [1.165, 1.54) is 16.3 Å². The van der Waals surface area contributed by atoms with Crippen LogP contribution in [-0.2, 0) is 15.1 Å². The van der Waals surface area contributed by atoms with E-state index < -0.39 is 0 Å². The summed E-state index contributed by atoms with van der Waals surface area (Å²) in [5.41, 5.74) is 1.09. The molecule has 1 amide bonds. The number of morpholine rings is 1. The van der Waals surface area contributed by atoms with Gasteiger partial charge >= 0.3 is 0 Å². The Labute approximate surface area is 136 Å². The molecular formula is C19H22N2O2. The first-order chi connectivity index (χ1) is 11.3. The Kier molecular flexibility index (Phi) is 3.79. The van der Waals surface area contributed by atoms with Gasteiger partial charge in [0, 0.05) is 13.1 Å². The Hall–Kier alpha value is -1.91. The summed E-state index contributed by atoms with van der Waals surface area (Å²) >= 11 is 0. The largest absolute Gasteiger partial charge is 0.379 e. The summed E-state index contributed by atoms with van der Waals surface area (Å²) in [4.78, 5) is 14.6. The zero-order valence-electron chi connectivity index (χ0n) is 13.3. The highest BCUT2D eigenvalue weighted by molar-refractivity contribution is 5.88. The maximum atomic E-state index is 12.5. The van der Waals surface area contributed by atoms with Crippen LogP contribution in [-0.4, -0.2) is 43.7 Å². The van der Waals surface area contributed by atoms with Crippen LogP contribution in [0, 0.1) is 0 Å². The molecule has 0 aromatic heterocycles. The highest BCUT2D eigenvalue weighted by Gasteiger charge is 2.46. The summed E-state index contributed by atoms with van der Waals surface area (Å²) < 4.78 is 5.34. The van der Waals surface area contributed by atoms with E-state index >= 15 is 0 Å². The summed E-state index contributed by atoms with van der Waals surface area (Å²) in [5.74, 6) is 0.123. The molecule has 1 aliphatic heterocycles. The molecule has 120 valence electrons. The van der Waals surface area contributed by atoms with Crippen LogP contribution in [0.4, 0.5) is 0 Å². The van der Waals surface area contributed by atoms with E-state index in [2.05, 4.69) is 52.7 Å². The van der Waals surface area contributed by atoms with Crippen molar-refractivity contribution in [2.45, 2.75) is 18.4 Å². The zero-order chi connectivity index (χ0) is 15.7. The molecule has 2 aromatic carbocycles. The average molecular weight is 310 g/mol. The second kappa shape index (κ2) is 5.95. The minimum Gasteiger partial charge on any atom is -0.379 e. The van der Waals surface area contributed by atoms with Crippen molar-refractivity contribution in [1.82, 2.24) is 10.2 Å². The molecule has 0 bridgehead atoms. The van der Waals surface area contributed by atoms with E-state index in [1.807, 2.05) is 0 Å². The Morgan fingerprint density at radius 2 is 1.83 bits per heavy atom. The van der Waals surface area contributed by atoms with Gasteiger partial charge in [0.15, 0.2) is 0 Å². The van der Waals surface area contributed by atoms with Crippen molar-refractivity contribution in [3.05, 3.63) is 48.0 Å². The number of rotatable bonds is 4. The Bertz CT molecular complexity index is 713. The Balaban J connectivity index is 1.52. The van der Waals surface area contributed by atoms with Crippen LogP contribution in [0.15, 0.2) is 42.5 Å². The number of hydrogen-bond donors (Lipinski definition) is 1. The van der Waals surface area contributed by atoms with Gasteiger partial charge in [0.25, 0.3) is 0 Å². The van der Waals surface area contributed by atoms with Crippen LogP contribution in [0.3, 0.4) is 0 Å². The average Bonchev–Trinajstić information content (AvgIpc) is 3.35. The fraction of sp³-hybridized carbons (Fsp3) is 0.421. The third-order valence-corrected chi connectivity index (χ3v) is 4.90. The van der Waals surface area contributed by atoms with Crippen molar-refractivity contribution in [1.29, 1.82) is 0 Å². The second-order valence-corrected chi connectivity index (χ2v) is 6.55. The molecule has 4 nitrogen and oxygen atoms in total. The fourth-order valence-electron chi connectivity index (χ4n) is 3.50. The summed E-state index contributed by atoms with van der Waals surface area (Å²) in [6, 6.07) is 14.8. The number of carbonyl (C=O) groups excluding carboxylic acids is 1.